The van der Waals surface area contributed by atoms with Crippen LogP contribution in [-0.2, 0) is 0 Å². The summed E-state index contributed by atoms with van der Waals surface area (Å²) in [5, 5.41) is 0. The molecule has 0 aliphatic carbocycles. The number of halogens is 6. The van der Waals surface area contributed by atoms with Gasteiger partial charge in [-0.2, -0.15) is 0 Å². The number of hydrogen-bond acceptors (Lipinski definition) is 0. The van der Waals surface area contributed by atoms with Gasteiger partial charge in [0.25, 0.3) is 0 Å². The summed E-state index contributed by atoms with van der Waals surface area (Å²) in [5.74, 6) is 0. The van der Waals surface area contributed by atoms with E-state index in [1.165, 1.54) is 0 Å². The van der Waals surface area contributed by atoms with Gasteiger partial charge in [-0.25, -0.2) is 0 Å². The van der Waals surface area contributed by atoms with Crippen molar-refractivity contribution < 1.29 is 12.6 Å². The minimum atomic E-state index is -2.92. The molecule has 0 aliphatic heterocycles. The van der Waals surface area contributed by atoms with Crippen molar-refractivity contribution in [3.05, 3.63) is 0 Å². The molecule has 0 aliphatic rings. The van der Waals surface area contributed by atoms with Gasteiger partial charge in [-0.3, -0.25) is 0 Å². The summed E-state index contributed by atoms with van der Waals surface area (Å²) in [5.41, 5.74) is 0. The van der Waals surface area contributed by atoms with Gasteiger partial charge >= 0.3 is 98.0 Å². The monoisotopic (exact) mass is 798 g/mol. The normalized spacial score (nSPS) is 6.00. The third-order valence-corrected chi connectivity index (χ3v) is 0. The molecule has 0 rings (SSSR count). The van der Waals surface area contributed by atoms with Crippen molar-refractivity contribution in [1.29, 1.82) is 0 Å². The zero-order chi connectivity index (χ0) is 8.12. The molecule has 9 heteroatoms. The molecule has 0 aromatic rings. The van der Waals surface area contributed by atoms with Crippen molar-refractivity contribution in [2.45, 2.75) is 0 Å². The molecule has 0 fully saturated rings. The molecule has 6 radical (unpaired) electrons. The van der Waals surface area contributed by atoms with Crippen molar-refractivity contribution in [2.75, 3.05) is 0 Å². The quantitative estimate of drug-likeness (QED) is 0.260. The molecule has 0 unspecified atom stereocenters. The Labute approximate surface area is 95.9 Å². The zero-order valence-corrected chi connectivity index (χ0v) is 17.0. The summed E-state index contributed by atoms with van der Waals surface area (Å²) in [4.78, 5) is 0. The van der Waals surface area contributed by atoms with Crippen LogP contribution in [0.3, 0.4) is 0 Å². The van der Waals surface area contributed by atoms with Crippen LogP contribution < -0.4 is 0 Å². The topological polar surface area (TPSA) is 0 Å². The van der Waals surface area contributed by atoms with Crippen molar-refractivity contribution in [3.8, 4) is 0 Å². The van der Waals surface area contributed by atoms with Gasteiger partial charge in [-0.1, -0.05) is 0 Å². The molecule has 0 N–H and O–H groups in total. The van der Waals surface area contributed by atoms with Crippen molar-refractivity contribution in [2.24, 2.45) is 0 Å². The van der Waals surface area contributed by atoms with Crippen molar-refractivity contribution >= 4 is 85.4 Å². The summed E-state index contributed by atoms with van der Waals surface area (Å²) in [6.07, 6.45) is 0. The predicted molar refractivity (Wildman–Crippen MR) is 31.7 cm³/mol. The number of rotatable bonds is 0. The Hall–Kier alpha value is 2.90. The Morgan fingerprint density at radius 1 is 0.778 bits per heavy atom. The molecule has 0 bridgehead atoms. The number of hydrogen-bond donors (Lipinski definition) is 0. The maximum atomic E-state index is 10.4. The SMILES string of the molecule is [F][Pb][Br].[F][Pb][F].[F][Pb][F]. The van der Waals surface area contributed by atoms with E-state index in [1.807, 2.05) is 0 Å². The molecule has 0 nitrogen and oxygen atoms in total. The summed E-state index contributed by atoms with van der Waals surface area (Å²) in [7, 11) is 0. The van der Waals surface area contributed by atoms with E-state index in [4.69, 9.17) is 0 Å². The molecule has 0 aromatic carbocycles. The molecule has 0 saturated carbocycles. The minimum absolute atomic E-state index is 1.60. The van der Waals surface area contributed by atoms with Crippen LogP contribution in [0.15, 0.2) is 0 Å². The maximum absolute atomic E-state index is 10.4. The molecular formula is BrF5Pb3. The second-order valence-electron chi connectivity index (χ2n) is 0.214. The van der Waals surface area contributed by atoms with Crippen LogP contribution in [0.1, 0.15) is 0 Å². The fourth-order valence-electron chi connectivity index (χ4n) is 0. The summed E-state index contributed by atoms with van der Waals surface area (Å²) in [6.45, 7) is 0. The van der Waals surface area contributed by atoms with Crippen LogP contribution in [0.4, 0.5) is 12.6 Å². The Bertz CT molecular complexity index is 16.9. The molecule has 0 heterocycles. The van der Waals surface area contributed by atoms with Gasteiger partial charge in [0.15, 0.2) is 0 Å². The van der Waals surface area contributed by atoms with E-state index in [0.717, 1.165) is 0 Å². The predicted octanol–water partition coefficient (Wildman–Crippen LogP) is 1.80. The molecule has 0 atom stereocenters. The van der Waals surface area contributed by atoms with Gasteiger partial charge in [0.2, 0.25) is 0 Å². The first-order chi connectivity index (χ1) is 4.24. The molecule has 0 spiro atoms. The van der Waals surface area contributed by atoms with E-state index in [9.17, 15) is 12.6 Å². The van der Waals surface area contributed by atoms with Crippen LogP contribution in [0, 0.1) is 0 Å². The molecule has 0 aromatic heterocycles. The van der Waals surface area contributed by atoms with E-state index < -0.39 is 73.4 Å². The second kappa shape index (κ2) is 30.7. The second-order valence-corrected chi connectivity index (χ2v) is 4.51. The molecule has 9 heavy (non-hydrogen) atoms. The Kier molecular flexibility index (Phi) is 60.9. The van der Waals surface area contributed by atoms with E-state index >= 15 is 0 Å². The Morgan fingerprint density at radius 3 is 0.778 bits per heavy atom. The molecular weight excluding hydrogens is 796 g/mol. The molecule has 0 saturated heterocycles. The first-order valence-corrected chi connectivity index (χ1v) is 16.9. The fourth-order valence-corrected chi connectivity index (χ4v) is 0. The van der Waals surface area contributed by atoms with Gasteiger partial charge < -0.3 is 0 Å². The van der Waals surface area contributed by atoms with Crippen LogP contribution in [-0.4, -0.2) is 73.4 Å². The van der Waals surface area contributed by atoms with Gasteiger partial charge in [0, 0.05) is 0 Å². The first-order valence-electron chi connectivity index (χ1n) is 1.13. The van der Waals surface area contributed by atoms with E-state index in [-0.39, 0.29) is 0 Å². The molecule has 54 valence electrons. The standard InChI is InChI=1S/BrH.5FH.3Pb/h6*1H;;;/q;;;;;;3*+2/p-6. The van der Waals surface area contributed by atoms with Crippen LogP contribution >= 0.6 is 12.0 Å². The first kappa shape index (κ1) is 17.8. The average Bonchev–Trinajstić information content (AvgIpc) is 1.70. The molecule has 0 amide bonds. The third kappa shape index (κ3) is 103. The van der Waals surface area contributed by atoms with Crippen molar-refractivity contribution in [1.82, 2.24) is 0 Å². The van der Waals surface area contributed by atoms with Gasteiger partial charge in [0.1, 0.15) is 0 Å². The van der Waals surface area contributed by atoms with E-state index in [1.54, 1.807) is 0 Å². The van der Waals surface area contributed by atoms with E-state index in [2.05, 4.69) is 12.0 Å². The zero-order valence-electron chi connectivity index (χ0n) is 3.77. The summed E-state index contributed by atoms with van der Waals surface area (Å²) < 4.78 is 49.7. The third-order valence-electron chi connectivity index (χ3n) is 0. The Balaban J connectivity index is -0.0000000600. The van der Waals surface area contributed by atoms with Crippen LogP contribution in [0.2, 0.25) is 0 Å². The van der Waals surface area contributed by atoms with E-state index in [0.29, 0.717) is 0 Å². The Morgan fingerprint density at radius 2 is 0.778 bits per heavy atom. The average molecular weight is 796 g/mol. The summed E-state index contributed by atoms with van der Waals surface area (Å²) in [6, 6.07) is 0. The van der Waals surface area contributed by atoms with Gasteiger partial charge in [-0.15, -0.1) is 0 Å². The van der Waals surface area contributed by atoms with Crippen LogP contribution in [0.5, 0.6) is 0 Å². The summed E-state index contributed by atoms with van der Waals surface area (Å²) >= 11 is -4.76. The van der Waals surface area contributed by atoms with Crippen LogP contribution in [0.25, 0.3) is 0 Å². The van der Waals surface area contributed by atoms with Gasteiger partial charge in [0.05, 0.1) is 0 Å². The van der Waals surface area contributed by atoms with Crippen molar-refractivity contribution in [3.63, 3.8) is 0 Å². The fraction of sp³-hybridized carbons (Fsp3) is 0. The van der Waals surface area contributed by atoms with Gasteiger partial charge in [-0.05, 0) is 0 Å².